The van der Waals surface area contributed by atoms with E-state index in [-0.39, 0.29) is 23.5 Å². The molecule has 1 unspecified atom stereocenters. The Morgan fingerprint density at radius 3 is 2.40 bits per heavy atom. The second-order valence-corrected chi connectivity index (χ2v) is 5.15. The van der Waals surface area contributed by atoms with Crippen LogP contribution in [0, 0.1) is 11.7 Å². The van der Waals surface area contributed by atoms with Crippen LogP contribution in [0.15, 0.2) is 18.2 Å². The molecular weight excluding hydrogens is 265 g/mol. The van der Waals surface area contributed by atoms with E-state index in [1.807, 2.05) is 0 Å². The molecule has 5 nitrogen and oxygen atoms in total. The van der Waals surface area contributed by atoms with Crippen molar-refractivity contribution in [2.24, 2.45) is 5.92 Å². The molecule has 6 heteroatoms. The van der Waals surface area contributed by atoms with E-state index in [2.05, 4.69) is 0 Å². The van der Waals surface area contributed by atoms with Crippen LogP contribution in [0.25, 0.3) is 0 Å². The quantitative estimate of drug-likeness (QED) is 0.854. The van der Waals surface area contributed by atoms with E-state index in [0.29, 0.717) is 4.90 Å². The van der Waals surface area contributed by atoms with Gasteiger partial charge in [0.25, 0.3) is 11.8 Å². The highest BCUT2D eigenvalue weighted by molar-refractivity contribution is 6.22. The predicted molar refractivity (Wildman–Crippen MR) is 67.8 cm³/mol. The lowest BCUT2D eigenvalue weighted by Gasteiger charge is -2.23. The van der Waals surface area contributed by atoms with Crippen molar-refractivity contribution < 1.29 is 23.9 Å². The average molecular weight is 279 g/mol. The van der Waals surface area contributed by atoms with Crippen molar-refractivity contribution in [2.75, 3.05) is 0 Å². The molecule has 0 bridgehead atoms. The fourth-order valence-electron chi connectivity index (χ4n) is 2.28. The molecule has 0 saturated heterocycles. The third-order valence-electron chi connectivity index (χ3n) is 3.17. The summed E-state index contributed by atoms with van der Waals surface area (Å²) < 4.78 is 13.2. The Balaban J connectivity index is 2.42. The molecular formula is C14H14FNO4. The monoisotopic (exact) mass is 279 g/mol. The summed E-state index contributed by atoms with van der Waals surface area (Å²) in [6, 6.07) is 2.01. The number of fused-ring (bicyclic) bond motifs is 1. The maximum atomic E-state index is 13.2. The second-order valence-electron chi connectivity index (χ2n) is 5.15. The first-order chi connectivity index (χ1) is 9.32. The number of carbonyl (C=O) groups excluding carboxylic acids is 2. The van der Waals surface area contributed by atoms with Crippen LogP contribution in [0.1, 0.15) is 41.0 Å². The van der Waals surface area contributed by atoms with Crippen LogP contribution in [0.4, 0.5) is 4.39 Å². The third kappa shape index (κ3) is 2.29. The minimum absolute atomic E-state index is 0.00264. The summed E-state index contributed by atoms with van der Waals surface area (Å²) in [5, 5.41) is 9.23. The van der Waals surface area contributed by atoms with Gasteiger partial charge in [0.05, 0.1) is 11.1 Å². The molecule has 0 saturated carbocycles. The van der Waals surface area contributed by atoms with Crippen LogP contribution in [0.5, 0.6) is 0 Å². The number of hydrogen-bond acceptors (Lipinski definition) is 3. The number of halogens is 1. The molecule has 1 aliphatic rings. The highest BCUT2D eigenvalue weighted by Gasteiger charge is 2.43. The maximum Gasteiger partial charge on any atom is 0.326 e. The fourth-order valence-corrected chi connectivity index (χ4v) is 2.28. The lowest BCUT2D eigenvalue weighted by atomic mass is 10.0. The minimum atomic E-state index is -1.24. The lowest BCUT2D eigenvalue weighted by Crippen LogP contribution is -2.45. The predicted octanol–water partition coefficient (Wildman–Crippen LogP) is 1.92. The Hall–Kier alpha value is -2.24. The van der Waals surface area contributed by atoms with Gasteiger partial charge in [-0.05, 0) is 30.5 Å². The van der Waals surface area contributed by atoms with Gasteiger partial charge in [-0.3, -0.25) is 14.5 Å². The molecule has 2 amide bonds. The Morgan fingerprint density at radius 1 is 1.25 bits per heavy atom. The molecule has 2 rings (SSSR count). The van der Waals surface area contributed by atoms with E-state index in [1.54, 1.807) is 13.8 Å². The van der Waals surface area contributed by atoms with Gasteiger partial charge in [-0.2, -0.15) is 0 Å². The number of carbonyl (C=O) groups is 3. The van der Waals surface area contributed by atoms with E-state index >= 15 is 0 Å². The molecule has 0 aliphatic carbocycles. The van der Waals surface area contributed by atoms with Gasteiger partial charge in [-0.15, -0.1) is 0 Å². The Bertz CT molecular complexity index is 597. The topological polar surface area (TPSA) is 74.7 Å². The summed E-state index contributed by atoms with van der Waals surface area (Å²) in [5.74, 6) is -3.32. The first-order valence-electron chi connectivity index (χ1n) is 6.23. The van der Waals surface area contributed by atoms with E-state index in [0.717, 1.165) is 12.1 Å². The number of hydrogen-bond donors (Lipinski definition) is 1. The Kier molecular flexibility index (Phi) is 3.57. The van der Waals surface area contributed by atoms with E-state index in [1.165, 1.54) is 6.07 Å². The molecule has 1 aliphatic heterocycles. The van der Waals surface area contributed by atoms with Crippen molar-refractivity contribution in [2.45, 2.75) is 26.3 Å². The summed E-state index contributed by atoms with van der Waals surface area (Å²) in [4.78, 5) is 36.4. The number of rotatable bonds is 4. The highest BCUT2D eigenvalue weighted by atomic mass is 19.1. The van der Waals surface area contributed by atoms with E-state index < -0.39 is 29.6 Å². The summed E-state index contributed by atoms with van der Waals surface area (Å²) in [5.41, 5.74) is -0.0311. The number of carboxylic acid groups (broad SMARTS) is 1. The molecule has 20 heavy (non-hydrogen) atoms. The zero-order valence-electron chi connectivity index (χ0n) is 11.1. The van der Waals surface area contributed by atoms with E-state index in [4.69, 9.17) is 0 Å². The van der Waals surface area contributed by atoms with Crippen molar-refractivity contribution in [3.05, 3.63) is 35.1 Å². The number of nitrogens with zero attached hydrogens (tertiary/aromatic N) is 1. The van der Waals surface area contributed by atoms with Gasteiger partial charge in [0.1, 0.15) is 11.9 Å². The van der Waals surface area contributed by atoms with Crippen molar-refractivity contribution in [1.29, 1.82) is 0 Å². The zero-order chi connectivity index (χ0) is 15.0. The normalized spacial score (nSPS) is 15.7. The molecule has 0 radical (unpaired) electrons. The van der Waals surface area contributed by atoms with Gasteiger partial charge in [-0.25, -0.2) is 9.18 Å². The van der Waals surface area contributed by atoms with Crippen LogP contribution in [-0.4, -0.2) is 33.8 Å². The SMILES string of the molecule is CC(C)CC(C(=O)O)N1C(=O)c2ccc(F)cc2C1=O. The van der Waals surface area contributed by atoms with Crippen molar-refractivity contribution in [3.8, 4) is 0 Å². The smallest absolute Gasteiger partial charge is 0.326 e. The zero-order valence-corrected chi connectivity index (χ0v) is 11.1. The lowest BCUT2D eigenvalue weighted by molar-refractivity contribution is -0.142. The maximum absolute atomic E-state index is 13.2. The summed E-state index contributed by atoms with van der Waals surface area (Å²) >= 11 is 0. The second kappa shape index (κ2) is 5.03. The van der Waals surface area contributed by atoms with Crippen LogP contribution in [0.2, 0.25) is 0 Å². The number of carboxylic acids is 1. The van der Waals surface area contributed by atoms with Gasteiger partial charge in [0.15, 0.2) is 0 Å². The molecule has 106 valence electrons. The van der Waals surface area contributed by atoms with Crippen LogP contribution in [-0.2, 0) is 4.79 Å². The van der Waals surface area contributed by atoms with Gasteiger partial charge in [-0.1, -0.05) is 13.8 Å². The minimum Gasteiger partial charge on any atom is -0.480 e. The first kappa shape index (κ1) is 14.2. The summed E-state index contributed by atoms with van der Waals surface area (Å²) in [6.45, 7) is 3.60. The van der Waals surface area contributed by atoms with Gasteiger partial charge < -0.3 is 5.11 Å². The molecule has 0 fully saturated rings. The molecule has 0 aromatic heterocycles. The summed E-state index contributed by atoms with van der Waals surface area (Å²) in [6.07, 6.45) is 0.156. The van der Waals surface area contributed by atoms with Gasteiger partial charge in [0, 0.05) is 0 Å². The fraction of sp³-hybridized carbons (Fsp3) is 0.357. The Labute approximate surface area is 115 Å². The van der Waals surface area contributed by atoms with Crippen molar-refractivity contribution in [1.82, 2.24) is 4.90 Å². The number of amides is 2. The first-order valence-corrected chi connectivity index (χ1v) is 6.23. The molecule has 1 aromatic rings. The Morgan fingerprint density at radius 2 is 1.85 bits per heavy atom. The number of imide groups is 1. The van der Waals surface area contributed by atoms with Crippen LogP contribution < -0.4 is 0 Å². The number of aliphatic carboxylic acids is 1. The van der Waals surface area contributed by atoms with Crippen LogP contribution in [0.3, 0.4) is 0 Å². The number of benzene rings is 1. The van der Waals surface area contributed by atoms with Crippen molar-refractivity contribution >= 4 is 17.8 Å². The molecule has 0 spiro atoms. The third-order valence-corrected chi connectivity index (χ3v) is 3.17. The molecule has 1 N–H and O–H groups in total. The van der Waals surface area contributed by atoms with E-state index in [9.17, 15) is 23.9 Å². The van der Waals surface area contributed by atoms with Crippen LogP contribution >= 0.6 is 0 Å². The molecule has 1 heterocycles. The average Bonchev–Trinajstić information content (AvgIpc) is 2.58. The standard InChI is InChI=1S/C14H14FNO4/c1-7(2)5-11(14(19)20)16-12(17)9-4-3-8(15)6-10(9)13(16)18/h3-4,6-7,11H,5H2,1-2H3,(H,19,20). The summed E-state index contributed by atoms with van der Waals surface area (Å²) in [7, 11) is 0. The highest BCUT2D eigenvalue weighted by Crippen LogP contribution is 2.27. The van der Waals surface area contributed by atoms with Crippen molar-refractivity contribution in [3.63, 3.8) is 0 Å². The van der Waals surface area contributed by atoms with Gasteiger partial charge >= 0.3 is 5.97 Å². The largest absolute Gasteiger partial charge is 0.480 e. The molecule has 1 atom stereocenters. The molecule has 1 aromatic carbocycles. The van der Waals surface area contributed by atoms with Gasteiger partial charge in [0.2, 0.25) is 0 Å².